The minimum absolute atomic E-state index is 0.704. The lowest BCUT2D eigenvalue weighted by atomic mass is 9.93. The van der Waals surface area contributed by atoms with Crippen molar-refractivity contribution in [2.45, 2.75) is 34.1 Å². The highest BCUT2D eigenvalue weighted by Gasteiger charge is 2.05. The Balaban J connectivity index is 3.09. The lowest BCUT2D eigenvalue weighted by Gasteiger charge is -2.12. The molecule has 0 atom stereocenters. The predicted octanol–water partition coefficient (Wildman–Crippen LogP) is 4.23. The first-order valence-electron chi connectivity index (χ1n) is 5.26. The van der Waals surface area contributed by atoms with E-state index in [1.165, 1.54) is 22.3 Å². The van der Waals surface area contributed by atoms with Gasteiger partial charge in [0.15, 0.2) is 0 Å². The average Bonchev–Trinajstić information content (AvgIpc) is 2.01. The summed E-state index contributed by atoms with van der Waals surface area (Å²) in [5.41, 5.74) is 5.27. The molecule has 1 aromatic rings. The molecule has 0 amide bonds. The molecule has 0 N–H and O–H groups in total. The van der Waals surface area contributed by atoms with Crippen LogP contribution in [0.25, 0.3) is 5.57 Å². The van der Waals surface area contributed by atoms with E-state index < -0.39 is 0 Å². The maximum atomic E-state index is 4.02. The van der Waals surface area contributed by atoms with Crippen LogP contribution in [0.5, 0.6) is 0 Å². The zero-order chi connectivity index (χ0) is 10.7. The van der Waals surface area contributed by atoms with E-state index >= 15 is 0 Å². The Hall–Kier alpha value is -1.04. The van der Waals surface area contributed by atoms with Crippen molar-refractivity contribution in [3.8, 4) is 0 Å². The normalized spacial score (nSPS) is 10.6. The molecule has 0 saturated carbocycles. The standard InChI is InChI=1S/C14H20/c1-10(2)8-13-9-12(5)6-7-14(13)11(3)4/h6-7,9-10H,3,8H2,1-2,4-5H3. The van der Waals surface area contributed by atoms with Gasteiger partial charge in [-0.15, -0.1) is 0 Å². The minimum atomic E-state index is 0.704. The summed E-state index contributed by atoms with van der Waals surface area (Å²) in [6.45, 7) is 12.8. The zero-order valence-corrected chi connectivity index (χ0v) is 9.72. The molecule has 0 aliphatic carbocycles. The molecule has 0 heteroatoms. The van der Waals surface area contributed by atoms with Gasteiger partial charge in [0.05, 0.1) is 0 Å². The van der Waals surface area contributed by atoms with Gasteiger partial charge in [-0.2, -0.15) is 0 Å². The first-order valence-corrected chi connectivity index (χ1v) is 5.26. The molecule has 0 unspecified atom stereocenters. The van der Waals surface area contributed by atoms with Gasteiger partial charge in [0.25, 0.3) is 0 Å². The molecule has 0 saturated heterocycles. The molecule has 0 fully saturated rings. The second-order valence-electron chi connectivity index (χ2n) is 4.54. The number of hydrogen-bond acceptors (Lipinski definition) is 0. The van der Waals surface area contributed by atoms with E-state index in [0.29, 0.717) is 5.92 Å². The van der Waals surface area contributed by atoms with Gasteiger partial charge in [0.2, 0.25) is 0 Å². The Labute approximate surface area is 87.7 Å². The van der Waals surface area contributed by atoms with Crippen LogP contribution in [-0.2, 0) is 6.42 Å². The smallest absolute Gasteiger partial charge is 0.0201 e. The molecule has 0 spiro atoms. The van der Waals surface area contributed by atoms with E-state index in [2.05, 4.69) is 52.5 Å². The fraction of sp³-hybridized carbons (Fsp3) is 0.429. The minimum Gasteiger partial charge on any atom is -0.0955 e. The predicted molar refractivity (Wildman–Crippen MR) is 64.4 cm³/mol. The van der Waals surface area contributed by atoms with Crippen molar-refractivity contribution in [3.05, 3.63) is 41.5 Å². The summed E-state index contributed by atoms with van der Waals surface area (Å²) in [6, 6.07) is 6.63. The third-order valence-corrected chi connectivity index (χ3v) is 2.35. The molecular weight excluding hydrogens is 168 g/mol. The summed E-state index contributed by atoms with van der Waals surface area (Å²) in [5.74, 6) is 0.704. The van der Waals surface area contributed by atoms with Gasteiger partial charge in [0, 0.05) is 0 Å². The quantitative estimate of drug-likeness (QED) is 0.666. The number of hydrogen-bond donors (Lipinski definition) is 0. The summed E-state index contributed by atoms with van der Waals surface area (Å²) in [7, 11) is 0. The summed E-state index contributed by atoms with van der Waals surface area (Å²) in [5, 5.41) is 0. The van der Waals surface area contributed by atoms with E-state index in [4.69, 9.17) is 0 Å². The highest BCUT2D eigenvalue weighted by Crippen LogP contribution is 2.21. The third kappa shape index (κ3) is 2.73. The van der Waals surface area contributed by atoms with Crippen molar-refractivity contribution in [1.82, 2.24) is 0 Å². The first kappa shape index (κ1) is 11.0. The Bertz CT molecular complexity index is 332. The molecule has 1 rings (SSSR count). The number of allylic oxidation sites excluding steroid dienone is 1. The Morgan fingerprint density at radius 2 is 2.00 bits per heavy atom. The SMILES string of the molecule is C=C(C)c1ccc(C)cc1CC(C)C. The van der Waals surface area contributed by atoms with Crippen LogP contribution in [0.15, 0.2) is 24.8 Å². The van der Waals surface area contributed by atoms with E-state index in [1.54, 1.807) is 0 Å². The average molecular weight is 188 g/mol. The van der Waals surface area contributed by atoms with Crippen molar-refractivity contribution in [1.29, 1.82) is 0 Å². The molecule has 76 valence electrons. The molecule has 0 bridgehead atoms. The molecule has 1 aromatic carbocycles. The van der Waals surface area contributed by atoms with Gasteiger partial charge >= 0.3 is 0 Å². The van der Waals surface area contributed by atoms with Gasteiger partial charge in [-0.3, -0.25) is 0 Å². The topological polar surface area (TPSA) is 0 Å². The highest BCUT2D eigenvalue weighted by molar-refractivity contribution is 5.65. The fourth-order valence-corrected chi connectivity index (χ4v) is 1.75. The van der Waals surface area contributed by atoms with Crippen LogP contribution >= 0.6 is 0 Å². The van der Waals surface area contributed by atoms with Crippen LogP contribution in [0.3, 0.4) is 0 Å². The zero-order valence-electron chi connectivity index (χ0n) is 9.72. The summed E-state index contributed by atoms with van der Waals surface area (Å²) in [4.78, 5) is 0. The second-order valence-corrected chi connectivity index (χ2v) is 4.54. The molecule has 0 radical (unpaired) electrons. The lowest BCUT2D eigenvalue weighted by Crippen LogP contribution is -1.98. The van der Waals surface area contributed by atoms with E-state index in [1.807, 2.05) is 0 Å². The third-order valence-electron chi connectivity index (χ3n) is 2.35. The van der Waals surface area contributed by atoms with Gasteiger partial charge in [-0.05, 0) is 37.3 Å². The van der Waals surface area contributed by atoms with Crippen molar-refractivity contribution >= 4 is 5.57 Å². The number of rotatable bonds is 3. The van der Waals surface area contributed by atoms with Crippen LogP contribution < -0.4 is 0 Å². The van der Waals surface area contributed by atoms with Crippen LogP contribution in [0.4, 0.5) is 0 Å². The molecule has 14 heavy (non-hydrogen) atoms. The molecule has 0 aromatic heterocycles. The van der Waals surface area contributed by atoms with Crippen LogP contribution in [0.1, 0.15) is 37.5 Å². The molecular formula is C14H20. The maximum absolute atomic E-state index is 4.02. The highest BCUT2D eigenvalue weighted by atomic mass is 14.1. The van der Waals surface area contributed by atoms with Crippen molar-refractivity contribution in [2.75, 3.05) is 0 Å². The van der Waals surface area contributed by atoms with Crippen LogP contribution in [0.2, 0.25) is 0 Å². The summed E-state index contributed by atoms with van der Waals surface area (Å²) < 4.78 is 0. The van der Waals surface area contributed by atoms with Gasteiger partial charge in [-0.1, -0.05) is 49.8 Å². The van der Waals surface area contributed by atoms with Crippen molar-refractivity contribution in [3.63, 3.8) is 0 Å². The van der Waals surface area contributed by atoms with Gasteiger partial charge in [-0.25, -0.2) is 0 Å². The Morgan fingerprint density at radius 1 is 1.36 bits per heavy atom. The summed E-state index contributed by atoms with van der Waals surface area (Å²) in [6.07, 6.45) is 1.14. The van der Waals surface area contributed by atoms with Crippen molar-refractivity contribution in [2.24, 2.45) is 5.92 Å². The van der Waals surface area contributed by atoms with Gasteiger partial charge < -0.3 is 0 Å². The fourth-order valence-electron chi connectivity index (χ4n) is 1.75. The van der Waals surface area contributed by atoms with E-state index in [0.717, 1.165) is 6.42 Å². The molecule has 0 aliphatic heterocycles. The van der Waals surface area contributed by atoms with E-state index in [9.17, 15) is 0 Å². The Morgan fingerprint density at radius 3 is 2.50 bits per heavy atom. The molecule has 0 aliphatic rings. The maximum Gasteiger partial charge on any atom is -0.0201 e. The van der Waals surface area contributed by atoms with E-state index in [-0.39, 0.29) is 0 Å². The lowest BCUT2D eigenvalue weighted by molar-refractivity contribution is 0.646. The number of benzene rings is 1. The number of aryl methyl sites for hydroxylation is 1. The second kappa shape index (κ2) is 4.45. The molecule has 0 nitrogen and oxygen atoms in total. The first-order chi connectivity index (χ1) is 6.50. The Kier molecular flexibility index (Phi) is 3.51. The summed E-state index contributed by atoms with van der Waals surface area (Å²) >= 11 is 0. The monoisotopic (exact) mass is 188 g/mol. The molecule has 0 heterocycles. The van der Waals surface area contributed by atoms with Crippen LogP contribution in [-0.4, -0.2) is 0 Å². The van der Waals surface area contributed by atoms with Crippen LogP contribution in [0, 0.1) is 12.8 Å². The van der Waals surface area contributed by atoms with Gasteiger partial charge in [0.1, 0.15) is 0 Å². The van der Waals surface area contributed by atoms with Crippen molar-refractivity contribution < 1.29 is 0 Å². The largest absolute Gasteiger partial charge is 0.0955 e.